The summed E-state index contributed by atoms with van der Waals surface area (Å²) in [6.07, 6.45) is 1.33. The van der Waals surface area contributed by atoms with Crippen LogP contribution in [0, 0.1) is 3.57 Å². The molecule has 1 aromatic rings. The summed E-state index contributed by atoms with van der Waals surface area (Å²) in [6, 6.07) is 8.25. The van der Waals surface area contributed by atoms with Gasteiger partial charge in [0.05, 0.1) is 6.61 Å². The highest BCUT2D eigenvalue weighted by atomic mass is 127. The second-order valence-electron chi connectivity index (χ2n) is 5.05. The number of carbonyl (C=O) groups is 1. The van der Waals surface area contributed by atoms with Gasteiger partial charge in [0.15, 0.2) is 0 Å². The van der Waals surface area contributed by atoms with Gasteiger partial charge in [-0.1, -0.05) is 0 Å². The predicted octanol–water partition coefficient (Wildman–Crippen LogP) is 2.27. The number of hydrogen-bond donors (Lipinski definition) is 1. The third-order valence-corrected chi connectivity index (χ3v) is 4.16. The topological polar surface area (TPSA) is 41.6 Å². The van der Waals surface area contributed by atoms with Crippen LogP contribution in [0.25, 0.3) is 0 Å². The van der Waals surface area contributed by atoms with Crippen LogP contribution in [0.4, 0.5) is 0 Å². The molecule has 0 spiro atoms. The molecule has 20 heavy (non-hydrogen) atoms. The van der Waals surface area contributed by atoms with E-state index in [4.69, 9.17) is 4.74 Å². The molecule has 0 aromatic heterocycles. The fourth-order valence-electron chi connectivity index (χ4n) is 2.30. The van der Waals surface area contributed by atoms with Crippen molar-refractivity contribution in [2.45, 2.75) is 25.8 Å². The number of piperazine rings is 1. The zero-order valence-electron chi connectivity index (χ0n) is 11.8. The summed E-state index contributed by atoms with van der Waals surface area (Å²) >= 11 is 2.27. The molecule has 0 saturated carbocycles. The SMILES string of the molecule is CC1CNCCN1C(=O)CCCOc1ccc(I)cc1. The van der Waals surface area contributed by atoms with Crippen molar-refractivity contribution in [3.63, 3.8) is 0 Å². The number of carbonyl (C=O) groups excluding carboxylic acids is 1. The van der Waals surface area contributed by atoms with Gasteiger partial charge in [-0.3, -0.25) is 4.79 Å². The lowest BCUT2D eigenvalue weighted by atomic mass is 10.2. The van der Waals surface area contributed by atoms with Crippen LogP contribution < -0.4 is 10.1 Å². The van der Waals surface area contributed by atoms with E-state index in [0.717, 1.165) is 31.8 Å². The highest BCUT2D eigenvalue weighted by Crippen LogP contribution is 2.14. The second kappa shape index (κ2) is 7.83. The van der Waals surface area contributed by atoms with Crippen molar-refractivity contribution in [1.82, 2.24) is 10.2 Å². The number of amides is 1. The molecule has 0 radical (unpaired) electrons. The second-order valence-corrected chi connectivity index (χ2v) is 6.29. The Morgan fingerprint density at radius 1 is 1.45 bits per heavy atom. The van der Waals surface area contributed by atoms with Crippen molar-refractivity contribution < 1.29 is 9.53 Å². The molecular weight excluding hydrogens is 367 g/mol. The predicted molar refractivity (Wildman–Crippen MR) is 87.9 cm³/mol. The molecule has 1 heterocycles. The first-order valence-electron chi connectivity index (χ1n) is 7.05. The summed E-state index contributed by atoms with van der Waals surface area (Å²) in [7, 11) is 0. The summed E-state index contributed by atoms with van der Waals surface area (Å²) in [5.41, 5.74) is 0. The van der Waals surface area contributed by atoms with E-state index in [2.05, 4.69) is 34.8 Å². The van der Waals surface area contributed by atoms with E-state index >= 15 is 0 Å². The van der Waals surface area contributed by atoms with E-state index in [9.17, 15) is 4.79 Å². The van der Waals surface area contributed by atoms with Crippen molar-refractivity contribution in [3.05, 3.63) is 27.8 Å². The van der Waals surface area contributed by atoms with Gasteiger partial charge in [0.2, 0.25) is 5.91 Å². The summed E-state index contributed by atoms with van der Waals surface area (Å²) in [5.74, 6) is 1.11. The van der Waals surface area contributed by atoms with Gasteiger partial charge in [0, 0.05) is 35.7 Å². The first-order chi connectivity index (χ1) is 9.66. The fraction of sp³-hybridized carbons (Fsp3) is 0.533. The van der Waals surface area contributed by atoms with Crippen LogP contribution in [0.2, 0.25) is 0 Å². The lowest BCUT2D eigenvalue weighted by Crippen LogP contribution is -2.52. The first-order valence-corrected chi connectivity index (χ1v) is 8.13. The summed E-state index contributed by atoms with van der Waals surface area (Å²) in [4.78, 5) is 14.1. The molecule has 1 aromatic carbocycles. The van der Waals surface area contributed by atoms with E-state index in [1.54, 1.807) is 0 Å². The van der Waals surface area contributed by atoms with Crippen molar-refractivity contribution in [1.29, 1.82) is 0 Å². The van der Waals surface area contributed by atoms with Crippen molar-refractivity contribution in [2.75, 3.05) is 26.2 Å². The molecule has 1 unspecified atom stereocenters. The lowest BCUT2D eigenvalue weighted by molar-refractivity contribution is -0.134. The smallest absolute Gasteiger partial charge is 0.223 e. The van der Waals surface area contributed by atoms with Gasteiger partial charge in [-0.15, -0.1) is 0 Å². The zero-order chi connectivity index (χ0) is 14.4. The van der Waals surface area contributed by atoms with Gasteiger partial charge in [-0.25, -0.2) is 0 Å². The Morgan fingerprint density at radius 2 is 2.20 bits per heavy atom. The van der Waals surface area contributed by atoms with Gasteiger partial charge in [-0.05, 0) is 60.2 Å². The Balaban J connectivity index is 1.67. The number of halogens is 1. The monoisotopic (exact) mass is 388 g/mol. The highest BCUT2D eigenvalue weighted by molar-refractivity contribution is 14.1. The lowest BCUT2D eigenvalue weighted by Gasteiger charge is -2.34. The third-order valence-electron chi connectivity index (χ3n) is 3.44. The van der Waals surface area contributed by atoms with E-state index in [1.807, 2.05) is 29.2 Å². The normalized spacial score (nSPS) is 18.9. The largest absolute Gasteiger partial charge is 0.494 e. The molecule has 110 valence electrons. The number of nitrogens with one attached hydrogen (secondary N) is 1. The average molecular weight is 388 g/mol. The van der Waals surface area contributed by atoms with E-state index in [1.165, 1.54) is 3.57 Å². The van der Waals surface area contributed by atoms with Crippen molar-refractivity contribution in [3.8, 4) is 5.75 Å². The Morgan fingerprint density at radius 3 is 2.90 bits per heavy atom. The molecule has 0 bridgehead atoms. The number of nitrogens with zero attached hydrogens (tertiary/aromatic N) is 1. The molecule has 0 aliphatic carbocycles. The van der Waals surface area contributed by atoms with Crippen LogP contribution in [0.5, 0.6) is 5.75 Å². The molecular formula is C15H21IN2O2. The van der Waals surface area contributed by atoms with E-state index in [-0.39, 0.29) is 5.91 Å². The third kappa shape index (κ3) is 4.63. The van der Waals surface area contributed by atoms with Gasteiger partial charge in [0.1, 0.15) is 5.75 Å². The molecule has 1 N–H and O–H groups in total. The highest BCUT2D eigenvalue weighted by Gasteiger charge is 2.22. The molecule has 1 amide bonds. The van der Waals surface area contributed by atoms with Gasteiger partial charge in [-0.2, -0.15) is 0 Å². The Labute approximate surface area is 134 Å². The average Bonchev–Trinajstić information content (AvgIpc) is 2.46. The quantitative estimate of drug-likeness (QED) is 0.622. The molecule has 1 aliphatic rings. The Hall–Kier alpha value is -0.820. The minimum absolute atomic E-state index is 0.241. The van der Waals surface area contributed by atoms with Crippen LogP contribution in [0.15, 0.2) is 24.3 Å². The van der Waals surface area contributed by atoms with E-state index < -0.39 is 0 Å². The first kappa shape index (κ1) is 15.6. The molecule has 1 aliphatic heterocycles. The number of hydrogen-bond acceptors (Lipinski definition) is 3. The minimum Gasteiger partial charge on any atom is -0.494 e. The van der Waals surface area contributed by atoms with Crippen molar-refractivity contribution in [2.24, 2.45) is 0 Å². The summed E-state index contributed by atoms with van der Waals surface area (Å²) in [5, 5.41) is 3.29. The number of benzene rings is 1. The number of ether oxygens (including phenoxy) is 1. The minimum atomic E-state index is 0.241. The van der Waals surface area contributed by atoms with Gasteiger partial charge >= 0.3 is 0 Å². The maximum Gasteiger partial charge on any atom is 0.223 e. The molecule has 2 rings (SSSR count). The van der Waals surface area contributed by atoms with Gasteiger partial charge in [0.25, 0.3) is 0 Å². The van der Waals surface area contributed by atoms with Gasteiger partial charge < -0.3 is 15.0 Å². The molecule has 4 nitrogen and oxygen atoms in total. The van der Waals surface area contributed by atoms with Crippen molar-refractivity contribution >= 4 is 28.5 Å². The molecule has 1 saturated heterocycles. The summed E-state index contributed by atoms with van der Waals surface area (Å²) in [6.45, 7) is 5.29. The zero-order valence-corrected chi connectivity index (χ0v) is 13.9. The fourth-order valence-corrected chi connectivity index (χ4v) is 2.66. The molecule has 1 fully saturated rings. The summed E-state index contributed by atoms with van der Waals surface area (Å²) < 4.78 is 6.83. The molecule has 5 heteroatoms. The van der Waals surface area contributed by atoms with Crippen LogP contribution in [0.1, 0.15) is 19.8 Å². The van der Waals surface area contributed by atoms with E-state index in [0.29, 0.717) is 19.1 Å². The van der Waals surface area contributed by atoms with Crippen LogP contribution in [0.3, 0.4) is 0 Å². The maximum absolute atomic E-state index is 12.1. The number of rotatable bonds is 5. The molecule has 1 atom stereocenters. The Kier molecular flexibility index (Phi) is 6.09. The maximum atomic E-state index is 12.1. The van der Waals surface area contributed by atoms with Crippen LogP contribution in [-0.4, -0.2) is 43.1 Å². The standard InChI is InChI=1S/C15H21IN2O2/c1-12-11-17-8-9-18(12)15(19)3-2-10-20-14-6-4-13(16)5-7-14/h4-7,12,17H,2-3,8-11H2,1H3. The van der Waals surface area contributed by atoms with Crippen LogP contribution >= 0.6 is 22.6 Å². The Bertz CT molecular complexity index is 436. The van der Waals surface area contributed by atoms with Crippen LogP contribution in [-0.2, 0) is 4.79 Å².